The predicted octanol–water partition coefficient (Wildman–Crippen LogP) is 3.47. The maximum absolute atomic E-state index is 5.89. The van der Waals surface area contributed by atoms with Crippen molar-refractivity contribution in [1.29, 1.82) is 0 Å². The number of hydrogen-bond donors (Lipinski definition) is 0. The zero-order valence-electron chi connectivity index (χ0n) is 10.8. The molecule has 0 spiro atoms. The molecule has 0 saturated carbocycles. The second-order valence-electron chi connectivity index (χ2n) is 5.35. The minimum Gasteiger partial charge on any atom is -0.403 e. The largest absolute Gasteiger partial charge is 0.458 e. The summed E-state index contributed by atoms with van der Waals surface area (Å²) in [4.78, 5) is 0. The molecule has 0 aliphatic carbocycles. The first-order chi connectivity index (χ1) is 6.89. The third-order valence-electron chi connectivity index (χ3n) is 3.42. The van der Waals surface area contributed by atoms with Crippen LogP contribution in [-0.4, -0.2) is 18.3 Å². The van der Waals surface area contributed by atoms with Crippen LogP contribution >= 0.6 is 0 Å². The standard InChI is InChI=1S/C12H24BO2/c1-6-7-8-9-10-13-14-11(2,3)12(4,5)15-13/h9H,6-8,10H2,1-5H3. The molecule has 0 aromatic rings. The van der Waals surface area contributed by atoms with Crippen molar-refractivity contribution >= 4 is 7.12 Å². The fourth-order valence-electron chi connectivity index (χ4n) is 1.66. The van der Waals surface area contributed by atoms with Crippen LogP contribution in [0.1, 0.15) is 53.9 Å². The van der Waals surface area contributed by atoms with Gasteiger partial charge in [-0.2, -0.15) is 0 Å². The summed E-state index contributed by atoms with van der Waals surface area (Å²) in [6, 6.07) is 0. The molecule has 0 bridgehead atoms. The fourth-order valence-corrected chi connectivity index (χ4v) is 1.66. The van der Waals surface area contributed by atoms with Crippen LogP contribution in [0.15, 0.2) is 0 Å². The Balaban J connectivity index is 2.30. The van der Waals surface area contributed by atoms with Crippen LogP contribution in [0.3, 0.4) is 0 Å². The summed E-state index contributed by atoms with van der Waals surface area (Å²) in [5, 5.41) is 0. The van der Waals surface area contributed by atoms with E-state index in [1.54, 1.807) is 0 Å². The van der Waals surface area contributed by atoms with Crippen LogP contribution < -0.4 is 0 Å². The molecule has 1 radical (unpaired) electrons. The Hall–Kier alpha value is -0.0151. The molecule has 0 amide bonds. The summed E-state index contributed by atoms with van der Waals surface area (Å²) in [6.45, 7) is 10.6. The molecule has 1 rings (SSSR count). The first-order valence-electron chi connectivity index (χ1n) is 6.06. The van der Waals surface area contributed by atoms with Crippen molar-refractivity contribution in [3.8, 4) is 0 Å². The average molecular weight is 211 g/mol. The summed E-state index contributed by atoms with van der Waals surface area (Å²) in [7, 11) is -0.0492. The van der Waals surface area contributed by atoms with E-state index in [1.165, 1.54) is 19.3 Å². The highest BCUT2D eigenvalue weighted by Crippen LogP contribution is 2.37. The van der Waals surface area contributed by atoms with Crippen LogP contribution in [-0.2, 0) is 9.31 Å². The maximum atomic E-state index is 5.89. The van der Waals surface area contributed by atoms with Gasteiger partial charge in [-0.25, -0.2) is 0 Å². The highest BCUT2D eigenvalue weighted by atomic mass is 16.7. The van der Waals surface area contributed by atoms with Gasteiger partial charge in [-0.15, -0.1) is 0 Å². The second-order valence-corrected chi connectivity index (χ2v) is 5.35. The number of rotatable bonds is 5. The SMILES string of the molecule is CCCC[CH]CB1OC(C)(C)C(C)(C)O1. The minimum absolute atomic E-state index is 0.0492. The Morgan fingerprint density at radius 3 is 2.07 bits per heavy atom. The molecule has 0 aromatic heterocycles. The quantitative estimate of drug-likeness (QED) is 0.512. The van der Waals surface area contributed by atoms with E-state index in [1.807, 2.05) is 0 Å². The fraction of sp³-hybridized carbons (Fsp3) is 0.917. The normalized spacial score (nSPS) is 23.4. The summed E-state index contributed by atoms with van der Waals surface area (Å²) in [5.41, 5.74) is -0.369. The molecule has 15 heavy (non-hydrogen) atoms. The minimum atomic E-state index is -0.184. The van der Waals surface area contributed by atoms with Gasteiger partial charge < -0.3 is 9.31 Å². The van der Waals surface area contributed by atoms with Crippen molar-refractivity contribution in [2.45, 2.75) is 71.4 Å². The summed E-state index contributed by atoms with van der Waals surface area (Å²) >= 11 is 0. The van der Waals surface area contributed by atoms with Gasteiger partial charge in [0.05, 0.1) is 11.2 Å². The van der Waals surface area contributed by atoms with Crippen LogP contribution in [0, 0.1) is 6.42 Å². The number of unbranched alkanes of at least 4 members (excludes halogenated alkanes) is 3. The lowest BCUT2D eigenvalue weighted by molar-refractivity contribution is 0.00578. The van der Waals surface area contributed by atoms with Crippen LogP contribution in [0.2, 0.25) is 6.32 Å². The predicted molar refractivity (Wildman–Crippen MR) is 64.7 cm³/mol. The van der Waals surface area contributed by atoms with Gasteiger partial charge in [0.25, 0.3) is 0 Å². The Kier molecular flexibility index (Phi) is 4.24. The lowest BCUT2D eigenvalue weighted by Gasteiger charge is -2.32. The summed E-state index contributed by atoms with van der Waals surface area (Å²) < 4.78 is 11.8. The van der Waals surface area contributed by atoms with Crippen molar-refractivity contribution < 1.29 is 9.31 Å². The maximum Gasteiger partial charge on any atom is 0.458 e. The van der Waals surface area contributed by atoms with E-state index < -0.39 is 0 Å². The molecular formula is C12H24BO2. The highest BCUT2D eigenvalue weighted by Gasteiger charge is 2.50. The van der Waals surface area contributed by atoms with Crippen molar-refractivity contribution in [1.82, 2.24) is 0 Å². The lowest BCUT2D eigenvalue weighted by Crippen LogP contribution is -2.41. The van der Waals surface area contributed by atoms with Gasteiger partial charge in [-0.1, -0.05) is 26.2 Å². The van der Waals surface area contributed by atoms with E-state index >= 15 is 0 Å². The summed E-state index contributed by atoms with van der Waals surface area (Å²) in [5.74, 6) is 0. The molecule has 1 saturated heterocycles. The van der Waals surface area contributed by atoms with Gasteiger partial charge in [-0.3, -0.25) is 0 Å². The van der Waals surface area contributed by atoms with Crippen molar-refractivity contribution in [2.75, 3.05) is 0 Å². The molecule has 1 aliphatic rings. The van der Waals surface area contributed by atoms with Crippen molar-refractivity contribution in [3.05, 3.63) is 6.42 Å². The van der Waals surface area contributed by atoms with Crippen molar-refractivity contribution in [2.24, 2.45) is 0 Å². The van der Waals surface area contributed by atoms with Crippen molar-refractivity contribution in [3.63, 3.8) is 0 Å². The van der Waals surface area contributed by atoms with E-state index in [0.717, 1.165) is 6.32 Å². The Labute approximate surface area is 94.9 Å². The topological polar surface area (TPSA) is 18.5 Å². The van der Waals surface area contributed by atoms with Gasteiger partial charge in [0.2, 0.25) is 0 Å². The average Bonchev–Trinajstić information content (AvgIpc) is 2.30. The van der Waals surface area contributed by atoms with E-state index in [4.69, 9.17) is 9.31 Å². The molecule has 1 fully saturated rings. The zero-order valence-corrected chi connectivity index (χ0v) is 10.8. The van der Waals surface area contributed by atoms with Gasteiger partial charge in [-0.05, 0) is 40.4 Å². The molecule has 3 heteroatoms. The van der Waals surface area contributed by atoms with Crippen LogP contribution in [0.25, 0.3) is 0 Å². The monoisotopic (exact) mass is 211 g/mol. The van der Waals surface area contributed by atoms with E-state index in [-0.39, 0.29) is 18.3 Å². The molecule has 0 N–H and O–H groups in total. The zero-order chi connectivity index (χ0) is 11.5. The van der Waals surface area contributed by atoms with Gasteiger partial charge in [0, 0.05) is 0 Å². The van der Waals surface area contributed by atoms with Gasteiger partial charge in [0.15, 0.2) is 0 Å². The Morgan fingerprint density at radius 2 is 1.60 bits per heavy atom. The van der Waals surface area contributed by atoms with Crippen LogP contribution in [0.4, 0.5) is 0 Å². The third-order valence-corrected chi connectivity index (χ3v) is 3.42. The highest BCUT2D eigenvalue weighted by molar-refractivity contribution is 6.45. The molecule has 0 atom stereocenters. The molecule has 0 unspecified atom stereocenters. The third kappa shape index (κ3) is 3.22. The van der Waals surface area contributed by atoms with E-state index in [9.17, 15) is 0 Å². The number of hydrogen-bond acceptors (Lipinski definition) is 2. The molecule has 1 heterocycles. The second kappa shape index (κ2) is 4.88. The Bertz CT molecular complexity index is 186. The first-order valence-corrected chi connectivity index (χ1v) is 6.06. The van der Waals surface area contributed by atoms with Gasteiger partial charge >= 0.3 is 7.12 Å². The summed E-state index contributed by atoms with van der Waals surface area (Å²) in [6.07, 6.45) is 6.87. The first kappa shape index (κ1) is 13.1. The molecule has 1 aliphatic heterocycles. The van der Waals surface area contributed by atoms with Gasteiger partial charge in [0.1, 0.15) is 0 Å². The van der Waals surface area contributed by atoms with E-state index in [2.05, 4.69) is 41.0 Å². The Morgan fingerprint density at radius 1 is 1.07 bits per heavy atom. The van der Waals surface area contributed by atoms with Crippen LogP contribution in [0.5, 0.6) is 0 Å². The molecule has 87 valence electrons. The van der Waals surface area contributed by atoms with E-state index in [0.29, 0.717) is 0 Å². The molecule has 0 aromatic carbocycles. The molecule has 2 nitrogen and oxygen atoms in total. The smallest absolute Gasteiger partial charge is 0.403 e. The lowest BCUT2D eigenvalue weighted by atomic mass is 9.82. The molecular weight excluding hydrogens is 187 g/mol.